The number of hydrogen-bond donors (Lipinski definition) is 0. The van der Waals surface area contributed by atoms with E-state index in [1.165, 1.54) is 11.7 Å². The lowest BCUT2D eigenvalue weighted by atomic mass is 10.1. The second-order valence-electron chi connectivity index (χ2n) is 6.44. The van der Waals surface area contributed by atoms with E-state index in [4.69, 9.17) is 0 Å². The lowest BCUT2D eigenvalue weighted by Crippen LogP contribution is -2.26. The predicted octanol–water partition coefficient (Wildman–Crippen LogP) is 3.09. The molecule has 0 aliphatic carbocycles. The van der Waals surface area contributed by atoms with Crippen LogP contribution in [0.25, 0.3) is 11.0 Å². The van der Waals surface area contributed by atoms with Crippen LogP contribution in [0.3, 0.4) is 0 Å². The van der Waals surface area contributed by atoms with Gasteiger partial charge in [-0.1, -0.05) is 6.07 Å². The number of amides is 2. The minimum Gasteiger partial charge on any atom is -0.337 e. The summed E-state index contributed by atoms with van der Waals surface area (Å²) in [7, 11) is 1.78. The molecular weight excluding hydrogens is 348 g/mol. The Balaban J connectivity index is 1.46. The zero-order valence-electron chi connectivity index (χ0n) is 14.4. The van der Waals surface area contributed by atoms with Gasteiger partial charge in [0.1, 0.15) is 11.0 Å². The molecule has 132 valence electrons. The van der Waals surface area contributed by atoms with E-state index in [1.54, 1.807) is 29.0 Å². The maximum Gasteiger partial charge on any atom is 0.253 e. The van der Waals surface area contributed by atoms with Crippen molar-refractivity contribution < 1.29 is 9.59 Å². The third-order valence-corrected chi connectivity index (χ3v) is 5.14. The number of hydrogen-bond acceptors (Lipinski definition) is 5. The standard InChI is InChI=1S/C19H18N4O2S/c1-22(12-13-4-9-16-17(11-13)21-26-20-16)19(25)14-5-7-15(8-6-14)23-10-2-3-18(23)24/h4-9,11H,2-3,10,12H2,1H3. The van der Waals surface area contributed by atoms with Gasteiger partial charge in [0.2, 0.25) is 5.91 Å². The molecule has 0 unspecified atom stereocenters. The molecule has 1 aliphatic heterocycles. The number of benzene rings is 2. The molecule has 2 heterocycles. The molecule has 1 fully saturated rings. The van der Waals surface area contributed by atoms with Crippen LogP contribution in [0.15, 0.2) is 42.5 Å². The lowest BCUT2D eigenvalue weighted by Gasteiger charge is -2.19. The molecule has 0 bridgehead atoms. The van der Waals surface area contributed by atoms with Crippen molar-refractivity contribution in [3.05, 3.63) is 53.6 Å². The van der Waals surface area contributed by atoms with E-state index in [2.05, 4.69) is 8.75 Å². The molecule has 1 aromatic heterocycles. The third-order valence-electron chi connectivity index (χ3n) is 4.58. The van der Waals surface area contributed by atoms with Crippen LogP contribution < -0.4 is 4.90 Å². The van der Waals surface area contributed by atoms with Gasteiger partial charge in [0.15, 0.2) is 0 Å². The summed E-state index contributed by atoms with van der Waals surface area (Å²) in [6, 6.07) is 13.1. The zero-order valence-corrected chi connectivity index (χ0v) is 15.2. The van der Waals surface area contributed by atoms with Gasteiger partial charge in [-0.2, -0.15) is 8.75 Å². The first kappa shape index (κ1) is 16.7. The molecule has 2 aromatic carbocycles. The number of anilines is 1. The SMILES string of the molecule is CN(Cc1ccc2nsnc2c1)C(=O)c1ccc(N2CCCC2=O)cc1. The Bertz CT molecular complexity index is 967. The molecule has 26 heavy (non-hydrogen) atoms. The van der Waals surface area contributed by atoms with Crippen molar-refractivity contribution in [2.45, 2.75) is 19.4 Å². The predicted molar refractivity (Wildman–Crippen MR) is 101 cm³/mol. The molecule has 1 saturated heterocycles. The van der Waals surface area contributed by atoms with Crippen molar-refractivity contribution in [1.29, 1.82) is 0 Å². The molecule has 0 saturated carbocycles. The Morgan fingerprint density at radius 3 is 2.65 bits per heavy atom. The summed E-state index contributed by atoms with van der Waals surface area (Å²) in [5, 5.41) is 0. The van der Waals surface area contributed by atoms with E-state index in [-0.39, 0.29) is 11.8 Å². The monoisotopic (exact) mass is 366 g/mol. The van der Waals surface area contributed by atoms with Gasteiger partial charge < -0.3 is 9.80 Å². The highest BCUT2D eigenvalue weighted by molar-refractivity contribution is 7.00. The summed E-state index contributed by atoms with van der Waals surface area (Å²) in [5.74, 6) is 0.0916. The van der Waals surface area contributed by atoms with E-state index in [9.17, 15) is 9.59 Å². The molecule has 0 spiro atoms. The van der Waals surface area contributed by atoms with E-state index < -0.39 is 0 Å². The van der Waals surface area contributed by atoms with E-state index in [1.807, 2.05) is 30.3 Å². The highest BCUT2D eigenvalue weighted by Crippen LogP contribution is 2.22. The average molecular weight is 366 g/mol. The van der Waals surface area contributed by atoms with Crippen molar-refractivity contribution in [3.63, 3.8) is 0 Å². The smallest absolute Gasteiger partial charge is 0.253 e. The Morgan fingerprint density at radius 1 is 1.15 bits per heavy atom. The normalized spacial score (nSPS) is 14.2. The summed E-state index contributed by atoms with van der Waals surface area (Å²) < 4.78 is 8.43. The van der Waals surface area contributed by atoms with Crippen molar-refractivity contribution in [2.75, 3.05) is 18.5 Å². The first-order valence-electron chi connectivity index (χ1n) is 8.49. The second kappa shape index (κ2) is 6.84. The number of carbonyl (C=O) groups is 2. The van der Waals surface area contributed by atoms with Gasteiger partial charge in [0.25, 0.3) is 5.91 Å². The number of rotatable bonds is 4. The molecule has 1 aliphatic rings. The highest BCUT2D eigenvalue weighted by Gasteiger charge is 2.22. The number of aromatic nitrogens is 2. The molecule has 6 nitrogen and oxygen atoms in total. The fourth-order valence-electron chi connectivity index (χ4n) is 3.20. The lowest BCUT2D eigenvalue weighted by molar-refractivity contribution is -0.117. The number of fused-ring (bicyclic) bond motifs is 1. The average Bonchev–Trinajstić information content (AvgIpc) is 3.29. The molecule has 7 heteroatoms. The van der Waals surface area contributed by atoms with E-state index in [0.717, 1.165) is 35.2 Å². The fraction of sp³-hybridized carbons (Fsp3) is 0.263. The van der Waals surface area contributed by atoms with Crippen LogP contribution in [-0.4, -0.2) is 39.1 Å². The Hall–Kier alpha value is -2.80. The molecule has 3 aromatic rings. The second-order valence-corrected chi connectivity index (χ2v) is 6.97. The Labute approximate surface area is 155 Å². The summed E-state index contributed by atoms with van der Waals surface area (Å²) in [5.41, 5.74) is 4.21. The molecule has 0 atom stereocenters. The van der Waals surface area contributed by atoms with Gasteiger partial charge >= 0.3 is 0 Å². The van der Waals surface area contributed by atoms with Crippen LogP contribution in [0, 0.1) is 0 Å². The summed E-state index contributed by atoms with van der Waals surface area (Å²) in [6.07, 6.45) is 1.49. The van der Waals surface area contributed by atoms with Crippen molar-refractivity contribution >= 4 is 40.3 Å². The summed E-state index contributed by atoms with van der Waals surface area (Å²) in [6.45, 7) is 1.25. The maximum absolute atomic E-state index is 12.7. The topological polar surface area (TPSA) is 66.4 Å². The maximum atomic E-state index is 12.7. The number of carbonyl (C=O) groups excluding carboxylic acids is 2. The third kappa shape index (κ3) is 3.17. The highest BCUT2D eigenvalue weighted by atomic mass is 32.1. The van der Waals surface area contributed by atoms with Gasteiger partial charge in [-0.3, -0.25) is 9.59 Å². The Kier molecular flexibility index (Phi) is 4.38. The molecule has 0 N–H and O–H groups in total. The van der Waals surface area contributed by atoms with Crippen LogP contribution in [-0.2, 0) is 11.3 Å². The largest absolute Gasteiger partial charge is 0.337 e. The van der Waals surface area contributed by atoms with Crippen molar-refractivity contribution in [3.8, 4) is 0 Å². The molecule has 4 rings (SSSR count). The van der Waals surface area contributed by atoms with E-state index >= 15 is 0 Å². The quantitative estimate of drug-likeness (QED) is 0.712. The van der Waals surface area contributed by atoms with Crippen molar-refractivity contribution in [1.82, 2.24) is 13.6 Å². The molecule has 2 amide bonds. The number of nitrogens with zero attached hydrogens (tertiary/aromatic N) is 4. The molecule has 0 radical (unpaired) electrons. The van der Waals surface area contributed by atoms with Crippen LogP contribution in [0.4, 0.5) is 5.69 Å². The van der Waals surface area contributed by atoms with Gasteiger partial charge in [-0.05, 0) is 48.4 Å². The first-order valence-corrected chi connectivity index (χ1v) is 9.22. The summed E-state index contributed by atoms with van der Waals surface area (Å²) in [4.78, 5) is 27.9. The first-order chi connectivity index (χ1) is 12.6. The van der Waals surface area contributed by atoms with Gasteiger partial charge in [0.05, 0.1) is 11.7 Å². The molecular formula is C19H18N4O2S. The zero-order chi connectivity index (χ0) is 18.1. The minimum atomic E-state index is -0.0548. The van der Waals surface area contributed by atoms with Crippen LogP contribution >= 0.6 is 11.7 Å². The van der Waals surface area contributed by atoms with Gasteiger partial charge in [-0.15, -0.1) is 0 Å². The minimum absolute atomic E-state index is 0.0548. The van der Waals surface area contributed by atoms with Gasteiger partial charge in [0, 0.05) is 37.8 Å². The van der Waals surface area contributed by atoms with Crippen LogP contribution in [0.2, 0.25) is 0 Å². The van der Waals surface area contributed by atoms with Gasteiger partial charge in [-0.25, -0.2) is 0 Å². The van der Waals surface area contributed by atoms with E-state index in [0.29, 0.717) is 18.5 Å². The Morgan fingerprint density at radius 2 is 1.92 bits per heavy atom. The van der Waals surface area contributed by atoms with Crippen molar-refractivity contribution in [2.24, 2.45) is 0 Å². The summed E-state index contributed by atoms with van der Waals surface area (Å²) >= 11 is 1.19. The van der Waals surface area contributed by atoms with Crippen LogP contribution in [0.5, 0.6) is 0 Å². The fourth-order valence-corrected chi connectivity index (χ4v) is 3.71. The van der Waals surface area contributed by atoms with Crippen LogP contribution in [0.1, 0.15) is 28.8 Å².